The average Bonchev–Trinajstić information content (AvgIpc) is 3.60. The number of carbonyl (C=O) groups is 1. The summed E-state index contributed by atoms with van der Waals surface area (Å²) in [4.78, 5) is 12.6. The van der Waals surface area contributed by atoms with Crippen molar-refractivity contribution in [2.75, 3.05) is 13.7 Å². The average molecular weight is 574 g/mol. The van der Waals surface area contributed by atoms with Gasteiger partial charge in [0.05, 0.1) is 38.1 Å². The number of carbonyl (C=O) groups excluding carboxylic acids is 1. The molecule has 4 aromatic rings. The van der Waals surface area contributed by atoms with Crippen molar-refractivity contribution in [2.45, 2.75) is 77.2 Å². The van der Waals surface area contributed by atoms with Gasteiger partial charge < -0.3 is 19.3 Å². The summed E-state index contributed by atoms with van der Waals surface area (Å²) in [6.45, 7) is 6.40. The molecule has 0 aliphatic heterocycles. The summed E-state index contributed by atoms with van der Waals surface area (Å²) in [6.07, 6.45) is 5.34. The van der Waals surface area contributed by atoms with Crippen LogP contribution in [-0.2, 0) is 17.8 Å². The number of aromatic nitrogens is 5. The number of nitrogens with zero attached hydrogens (tertiary/aromatic N) is 5. The molecule has 1 aliphatic rings. The van der Waals surface area contributed by atoms with Gasteiger partial charge in [0.25, 0.3) is 0 Å². The number of hydrogen-bond donors (Lipinski definition) is 1. The van der Waals surface area contributed by atoms with Crippen LogP contribution in [-0.4, -0.2) is 61.3 Å². The van der Waals surface area contributed by atoms with Crippen molar-refractivity contribution in [1.29, 1.82) is 0 Å². The van der Waals surface area contributed by atoms with Crippen molar-refractivity contribution < 1.29 is 24.1 Å². The zero-order chi connectivity index (χ0) is 29.7. The number of rotatable bonds is 11. The van der Waals surface area contributed by atoms with Gasteiger partial charge in [-0.25, -0.2) is 9.48 Å². The minimum absolute atomic E-state index is 0.0574. The van der Waals surface area contributed by atoms with Gasteiger partial charge in [-0.3, -0.25) is 4.68 Å². The second-order valence-corrected chi connectivity index (χ2v) is 11.4. The monoisotopic (exact) mass is 573 g/mol. The first-order valence-corrected chi connectivity index (χ1v) is 14.5. The molecule has 0 radical (unpaired) electrons. The Balaban J connectivity index is 1.25. The Morgan fingerprint density at radius 1 is 1.00 bits per heavy atom. The van der Waals surface area contributed by atoms with Crippen LogP contribution in [0.15, 0.2) is 60.8 Å². The van der Waals surface area contributed by atoms with Gasteiger partial charge in [-0.2, -0.15) is 5.10 Å². The molecule has 0 bridgehead atoms. The number of ether oxygens (including phenoxy) is 3. The van der Waals surface area contributed by atoms with Crippen LogP contribution in [0.2, 0.25) is 0 Å². The summed E-state index contributed by atoms with van der Waals surface area (Å²) in [5.41, 5.74) is 3.59. The molecule has 0 spiro atoms. The van der Waals surface area contributed by atoms with Crippen LogP contribution >= 0.6 is 0 Å². The Kier molecular flexibility index (Phi) is 8.91. The first-order valence-electron chi connectivity index (χ1n) is 14.5. The lowest BCUT2D eigenvalue weighted by Gasteiger charge is -2.29. The maximum absolute atomic E-state index is 12.6. The molecule has 1 saturated carbocycles. The topological polar surface area (TPSA) is 114 Å². The standard InChI is InChI=1S/C32H39N5O5/c1-5-41-31(38)29-30(36(35-34-29)20-22-6-14-26(40-4)15-7-22)42-27-16-12-24(13-17-27)23-8-10-25(11-9-23)28-18-19-33-37(28)21-32(2,3)39/h6-11,14-15,18-19,24,27,39H,5,12-13,16-17,20-21H2,1-4H3. The number of benzene rings is 2. The largest absolute Gasteiger partial charge is 0.497 e. The Labute approximate surface area is 246 Å². The van der Waals surface area contributed by atoms with E-state index in [1.54, 1.807) is 38.8 Å². The van der Waals surface area contributed by atoms with Crippen molar-refractivity contribution in [1.82, 2.24) is 24.8 Å². The van der Waals surface area contributed by atoms with Crippen LogP contribution in [0.1, 0.15) is 74.0 Å². The Bertz CT molecular complexity index is 1460. The van der Waals surface area contributed by atoms with Gasteiger partial charge in [0, 0.05) is 6.20 Å². The van der Waals surface area contributed by atoms with E-state index in [9.17, 15) is 9.90 Å². The van der Waals surface area contributed by atoms with E-state index in [1.807, 2.05) is 35.0 Å². The van der Waals surface area contributed by atoms with E-state index in [-0.39, 0.29) is 18.4 Å². The Hall–Kier alpha value is -4.18. The number of aliphatic hydroxyl groups is 1. The molecule has 1 fully saturated rings. The zero-order valence-electron chi connectivity index (χ0n) is 24.7. The molecule has 0 saturated heterocycles. The molecule has 0 amide bonds. The first kappa shape index (κ1) is 29.3. The summed E-state index contributed by atoms with van der Waals surface area (Å²) >= 11 is 0. The summed E-state index contributed by atoms with van der Waals surface area (Å²) in [6, 6.07) is 18.3. The number of esters is 1. The predicted octanol–water partition coefficient (Wildman–Crippen LogP) is 5.25. The fourth-order valence-corrected chi connectivity index (χ4v) is 5.42. The summed E-state index contributed by atoms with van der Waals surface area (Å²) in [5, 5.41) is 23.0. The lowest BCUT2D eigenvalue weighted by atomic mass is 9.82. The van der Waals surface area contributed by atoms with Crippen molar-refractivity contribution >= 4 is 5.97 Å². The van der Waals surface area contributed by atoms with Crippen molar-refractivity contribution in [2.24, 2.45) is 0 Å². The highest BCUT2D eigenvalue weighted by Gasteiger charge is 2.29. The molecule has 5 rings (SSSR count). The van der Waals surface area contributed by atoms with Crippen LogP contribution in [0.4, 0.5) is 0 Å². The number of hydrogen-bond acceptors (Lipinski definition) is 8. The molecule has 10 heteroatoms. The minimum atomic E-state index is -0.845. The summed E-state index contributed by atoms with van der Waals surface area (Å²) in [5.74, 6) is 1.00. The van der Waals surface area contributed by atoms with Gasteiger partial charge in [-0.05, 0) is 87.3 Å². The van der Waals surface area contributed by atoms with Crippen molar-refractivity contribution in [3.05, 3.63) is 77.6 Å². The van der Waals surface area contributed by atoms with Crippen LogP contribution in [0.5, 0.6) is 11.6 Å². The van der Waals surface area contributed by atoms with Crippen LogP contribution in [0.25, 0.3) is 11.3 Å². The molecule has 222 valence electrons. The molecule has 2 aromatic heterocycles. The van der Waals surface area contributed by atoms with E-state index in [4.69, 9.17) is 14.2 Å². The zero-order valence-corrected chi connectivity index (χ0v) is 24.7. The van der Waals surface area contributed by atoms with E-state index >= 15 is 0 Å². The SMILES string of the molecule is CCOC(=O)c1nnn(Cc2ccc(OC)cc2)c1OC1CCC(c2ccc(-c3ccnn3CC(C)(C)O)cc2)CC1. The maximum Gasteiger partial charge on any atom is 0.364 e. The molecular formula is C32H39N5O5. The highest BCUT2D eigenvalue weighted by atomic mass is 16.5. The van der Waals surface area contributed by atoms with Gasteiger partial charge in [0.1, 0.15) is 11.9 Å². The molecule has 10 nitrogen and oxygen atoms in total. The quantitative estimate of drug-likeness (QED) is 0.242. The first-order chi connectivity index (χ1) is 20.2. The number of methoxy groups -OCH3 is 1. The molecule has 42 heavy (non-hydrogen) atoms. The third kappa shape index (κ3) is 6.99. The van der Waals surface area contributed by atoms with Gasteiger partial charge in [0.2, 0.25) is 11.6 Å². The summed E-state index contributed by atoms with van der Waals surface area (Å²) < 4.78 is 20.4. The normalized spacial score (nSPS) is 17.2. The predicted molar refractivity (Wildman–Crippen MR) is 158 cm³/mol. The van der Waals surface area contributed by atoms with Crippen molar-refractivity contribution in [3.8, 4) is 22.9 Å². The second kappa shape index (κ2) is 12.8. The van der Waals surface area contributed by atoms with Gasteiger partial charge in [-0.1, -0.05) is 41.6 Å². The molecule has 1 aliphatic carbocycles. The molecule has 2 heterocycles. The molecule has 2 aromatic carbocycles. The van der Waals surface area contributed by atoms with E-state index in [0.717, 1.165) is 48.3 Å². The molecule has 0 unspecified atom stereocenters. The van der Waals surface area contributed by atoms with E-state index in [0.29, 0.717) is 24.9 Å². The lowest BCUT2D eigenvalue weighted by molar-refractivity contribution is 0.0506. The highest BCUT2D eigenvalue weighted by molar-refractivity contribution is 5.89. The van der Waals surface area contributed by atoms with Crippen LogP contribution in [0.3, 0.4) is 0 Å². The maximum atomic E-state index is 12.6. The Morgan fingerprint density at radius 2 is 1.71 bits per heavy atom. The Morgan fingerprint density at radius 3 is 2.36 bits per heavy atom. The third-order valence-electron chi connectivity index (χ3n) is 7.53. The highest BCUT2D eigenvalue weighted by Crippen LogP contribution is 2.36. The summed E-state index contributed by atoms with van der Waals surface area (Å²) in [7, 11) is 1.63. The minimum Gasteiger partial charge on any atom is -0.497 e. The van der Waals surface area contributed by atoms with Crippen LogP contribution < -0.4 is 9.47 Å². The van der Waals surface area contributed by atoms with E-state index < -0.39 is 11.6 Å². The van der Waals surface area contributed by atoms with E-state index in [2.05, 4.69) is 39.7 Å². The van der Waals surface area contributed by atoms with Gasteiger partial charge in [0.15, 0.2) is 0 Å². The fraction of sp³-hybridized carbons (Fsp3) is 0.438. The van der Waals surface area contributed by atoms with Crippen LogP contribution in [0, 0.1) is 0 Å². The second-order valence-electron chi connectivity index (χ2n) is 11.4. The molecule has 1 N–H and O–H groups in total. The van der Waals surface area contributed by atoms with E-state index in [1.165, 1.54) is 5.56 Å². The third-order valence-corrected chi connectivity index (χ3v) is 7.53. The van der Waals surface area contributed by atoms with Gasteiger partial charge >= 0.3 is 5.97 Å². The smallest absolute Gasteiger partial charge is 0.364 e. The van der Waals surface area contributed by atoms with Crippen molar-refractivity contribution in [3.63, 3.8) is 0 Å². The lowest BCUT2D eigenvalue weighted by Crippen LogP contribution is -2.27. The molecular weight excluding hydrogens is 534 g/mol. The fourth-order valence-electron chi connectivity index (χ4n) is 5.42. The molecule has 0 atom stereocenters. The van der Waals surface area contributed by atoms with Gasteiger partial charge in [-0.15, -0.1) is 5.10 Å².